The molecule has 3 aromatic rings. The first-order valence-corrected chi connectivity index (χ1v) is 6.89. The van der Waals surface area contributed by atoms with Gasteiger partial charge < -0.3 is 20.8 Å². The summed E-state index contributed by atoms with van der Waals surface area (Å²) in [5, 5.41) is 3.21. The average molecular weight is 282 g/mol. The number of H-pyrrole nitrogens is 1. The van der Waals surface area contributed by atoms with E-state index in [-0.39, 0.29) is 0 Å². The van der Waals surface area contributed by atoms with Gasteiger partial charge in [-0.15, -0.1) is 0 Å². The normalized spacial score (nSPS) is 10.7. The second-order valence-corrected chi connectivity index (χ2v) is 4.95. The molecule has 3 rings (SSSR count). The Bertz CT molecular complexity index is 751. The number of hydrogen-bond donors (Lipinski definition) is 3. The summed E-state index contributed by atoms with van der Waals surface area (Å²) in [4.78, 5) is 7.62. The number of ether oxygens (including phenoxy) is 1. The molecule has 0 aliphatic rings. The maximum Gasteiger partial charge on any atom is 0.201 e. The molecule has 0 saturated heterocycles. The van der Waals surface area contributed by atoms with E-state index in [1.165, 1.54) is 5.56 Å². The second kappa shape index (κ2) is 5.75. The first-order chi connectivity index (χ1) is 10.2. The standard InChI is InChI=1S/C16H18N4O/c1-11-3-2-4-13(9-11)21-8-7-18-16-19-14-6-5-12(17)10-15(14)20-16/h2-6,9-10H,7-8,17H2,1H3,(H2,18,19,20). The molecular weight excluding hydrogens is 264 g/mol. The van der Waals surface area contributed by atoms with Crippen molar-refractivity contribution in [3.63, 3.8) is 0 Å². The zero-order valence-corrected chi connectivity index (χ0v) is 11.9. The van der Waals surface area contributed by atoms with Crippen molar-refractivity contribution >= 4 is 22.7 Å². The lowest BCUT2D eigenvalue weighted by Crippen LogP contribution is -2.12. The number of aryl methyl sites for hydroxylation is 1. The van der Waals surface area contributed by atoms with Crippen molar-refractivity contribution in [2.24, 2.45) is 0 Å². The van der Waals surface area contributed by atoms with Crippen molar-refractivity contribution in [3.8, 4) is 5.75 Å². The third-order valence-electron chi connectivity index (χ3n) is 3.16. The van der Waals surface area contributed by atoms with Crippen molar-refractivity contribution in [2.45, 2.75) is 6.92 Å². The van der Waals surface area contributed by atoms with Gasteiger partial charge in [0.2, 0.25) is 5.95 Å². The van der Waals surface area contributed by atoms with Crippen molar-refractivity contribution in [2.75, 3.05) is 24.2 Å². The summed E-state index contributed by atoms with van der Waals surface area (Å²) < 4.78 is 5.68. The molecule has 0 saturated carbocycles. The molecule has 0 radical (unpaired) electrons. The van der Waals surface area contributed by atoms with Crippen LogP contribution >= 0.6 is 0 Å². The summed E-state index contributed by atoms with van der Waals surface area (Å²) in [6.07, 6.45) is 0. The number of nitrogens with zero attached hydrogens (tertiary/aromatic N) is 1. The largest absolute Gasteiger partial charge is 0.492 e. The molecule has 0 amide bonds. The monoisotopic (exact) mass is 282 g/mol. The highest BCUT2D eigenvalue weighted by Gasteiger charge is 2.02. The van der Waals surface area contributed by atoms with Gasteiger partial charge in [-0.1, -0.05) is 12.1 Å². The minimum atomic E-state index is 0.572. The molecule has 4 N–H and O–H groups in total. The molecule has 0 fully saturated rings. The molecular formula is C16H18N4O. The van der Waals surface area contributed by atoms with Crippen LogP contribution in [0.4, 0.5) is 11.6 Å². The Morgan fingerprint density at radius 2 is 2.14 bits per heavy atom. The first kappa shape index (κ1) is 13.3. The van der Waals surface area contributed by atoms with Gasteiger partial charge >= 0.3 is 0 Å². The second-order valence-electron chi connectivity index (χ2n) is 4.95. The van der Waals surface area contributed by atoms with Crippen LogP contribution in [0.15, 0.2) is 42.5 Å². The van der Waals surface area contributed by atoms with Crippen molar-refractivity contribution in [1.82, 2.24) is 9.97 Å². The fraction of sp³-hybridized carbons (Fsp3) is 0.188. The Kier molecular flexibility index (Phi) is 3.64. The zero-order chi connectivity index (χ0) is 14.7. The van der Waals surface area contributed by atoms with Crippen LogP contribution in [-0.4, -0.2) is 23.1 Å². The van der Waals surface area contributed by atoms with Crippen LogP contribution in [0, 0.1) is 6.92 Å². The van der Waals surface area contributed by atoms with Crippen LogP contribution in [0.25, 0.3) is 11.0 Å². The molecule has 2 aromatic carbocycles. The number of nitrogen functional groups attached to an aromatic ring is 1. The van der Waals surface area contributed by atoms with Crippen LogP contribution in [0.3, 0.4) is 0 Å². The molecule has 0 spiro atoms. The number of benzene rings is 2. The number of nitrogens with two attached hydrogens (primary N) is 1. The number of anilines is 2. The summed E-state index contributed by atoms with van der Waals surface area (Å²) in [5.41, 5.74) is 9.48. The quantitative estimate of drug-likeness (QED) is 0.497. The highest BCUT2D eigenvalue weighted by Crippen LogP contribution is 2.17. The van der Waals surface area contributed by atoms with E-state index in [9.17, 15) is 0 Å². The summed E-state index contributed by atoms with van der Waals surface area (Å²) in [5.74, 6) is 1.61. The molecule has 108 valence electrons. The van der Waals surface area contributed by atoms with E-state index in [4.69, 9.17) is 10.5 Å². The van der Waals surface area contributed by atoms with Gasteiger partial charge in [0.1, 0.15) is 12.4 Å². The predicted octanol–water partition coefficient (Wildman–Crippen LogP) is 2.94. The van der Waals surface area contributed by atoms with E-state index in [0.717, 1.165) is 28.4 Å². The molecule has 1 heterocycles. The Labute approximate surface area is 123 Å². The molecule has 0 unspecified atom stereocenters. The molecule has 0 aliphatic carbocycles. The van der Waals surface area contributed by atoms with Gasteiger partial charge in [-0.25, -0.2) is 4.98 Å². The Hall–Kier alpha value is -2.69. The molecule has 1 aromatic heterocycles. The van der Waals surface area contributed by atoms with Crippen LogP contribution < -0.4 is 15.8 Å². The number of rotatable bonds is 5. The van der Waals surface area contributed by atoms with Gasteiger partial charge in [0.05, 0.1) is 17.6 Å². The number of imidazole rings is 1. The highest BCUT2D eigenvalue weighted by molar-refractivity contribution is 5.80. The lowest BCUT2D eigenvalue weighted by Gasteiger charge is -2.07. The maximum absolute atomic E-state index is 5.74. The topological polar surface area (TPSA) is 76.0 Å². The van der Waals surface area contributed by atoms with E-state index < -0.39 is 0 Å². The lowest BCUT2D eigenvalue weighted by atomic mass is 10.2. The fourth-order valence-electron chi connectivity index (χ4n) is 2.15. The van der Waals surface area contributed by atoms with Gasteiger partial charge in [-0.2, -0.15) is 0 Å². The maximum atomic E-state index is 5.74. The lowest BCUT2D eigenvalue weighted by molar-refractivity contribution is 0.332. The summed E-state index contributed by atoms with van der Waals surface area (Å²) in [7, 11) is 0. The van der Waals surface area contributed by atoms with E-state index in [1.807, 2.05) is 49.4 Å². The van der Waals surface area contributed by atoms with Crippen LogP contribution in [0.1, 0.15) is 5.56 Å². The molecule has 0 atom stereocenters. The van der Waals surface area contributed by atoms with Crippen molar-refractivity contribution in [1.29, 1.82) is 0 Å². The Balaban J connectivity index is 1.54. The number of nitrogens with one attached hydrogen (secondary N) is 2. The van der Waals surface area contributed by atoms with Gasteiger partial charge in [0, 0.05) is 5.69 Å². The Morgan fingerprint density at radius 1 is 1.24 bits per heavy atom. The van der Waals surface area contributed by atoms with E-state index in [2.05, 4.69) is 15.3 Å². The Morgan fingerprint density at radius 3 is 3.00 bits per heavy atom. The van der Waals surface area contributed by atoms with E-state index in [0.29, 0.717) is 13.2 Å². The van der Waals surface area contributed by atoms with Gasteiger partial charge in [-0.3, -0.25) is 0 Å². The first-order valence-electron chi connectivity index (χ1n) is 6.89. The minimum absolute atomic E-state index is 0.572. The van der Waals surface area contributed by atoms with Gasteiger partial charge in [0.15, 0.2) is 0 Å². The number of aromatic amines is 1. The van der Waals surface area contributed by atoms with Gasteiger partial charge in [0.25, 0.3) is 0 Å². The van der Waals surface area contributed by atoms with Crippen LogP contribution in [0.2, 0.25) is 0 Å². The molecule has 0 bridgehead atoms. The third kappa shape index (κ3) is 3.25. The number of fused-ring (bicyclic) bond motifs is 1. The summed E-state index contributed by atoms with van der Waals surface area (Å²) in [6, 6.07) is 13.6. The predicted molar refractivity (Wildman–Crippen MR) is 85.7 cm³/mol. The van der Waals surface area contributed by atoms with Crippen molar-refractivity contribution in [3.05, 3.63) is 48.0 Å². The van der Waals surface area contributed by atoms with Crippen LogP contribution in [-0.2, 0) is 0 Å². The number of hydrogen-bond acceptors (Lipinski definition) is 4. The fourth-order valence-corrected chi connectivity index (χ4v) is 2.15. The smallest absolute Gasteiger partial charge is 0.201 e. The molecule has 0 aliphatic heterocycles. The molecule has 5 nitrogen and oxygen atoms in total. The number of aromatic nitrogens is 2. The van der Waals surface area contributed by atoms with E-state index in [1.54, 1.807) is 0 Å². The third-order valence-corrected chi connectivity index (χ3v) is 3.16. The molecule has 21 heavy (non-hydrogen) atoms. The van der Waals surface area contributed by atoms with E-state index >= 15 is 0 Å². The molecule has 5 heteroatoms. The minimum Gasteiger partial charge on any atom is -0.492 e. The SMILES string of the molecule is Cc1cccc(OCCNc2nc3ccc(N)cc3[nH]2)c1. The summed E-state index contributed by atoms with van der Waals surface area (Å²) in [6.45, 7) is 3.29. The summed E-state index contributed by atoms with van der Waals surface area (Å²) >= 11 is 0. The highest BCUT2D eigenvalue weighted by atomic mass is 16.5. The van der Waals surface area contributed by atoms with Gasteiger partial charge in [-0.05, 0) is 42.8 Å². The zero-order valence-electron chi connectivity index (χ0n) is 11.9. The average Bonchev–Trinajstić information content (AvgIpc) is 2.85. The van der Waals surface area contributed by atoms with Crippen molar-refractivity contribution < 1.29 is 4.74 Å². The van der Waals surface area contributed by atoms with Crippen LogP contribution in [0.5, 0.6) is 5.75 Å².